The van der Waals surface area contributed by atoms with Gasteiger partial charge in [-0.15, -0.1) is 6.58 Å². The standard InChI is InChI=1S/C29H42O3Si/c1-8-10-11-14-21-19(13-9-2)20-15-12-16-29-25(20)24(27(29)31-28(3,4)32-29)22-17-30-18-23(22)26(21)33(5,6)7/h9,27H,2,8,10-18H2,1,3-7H3/b20-19?,21-19-,24-22?,26-21?,26-23+. The first-order valence-corrected chi connectivity index (χ1v) is 16.6. The van der Waals surface area contributed by atoms with Crippen LogP contribution in [0.15, 0.2) is 56.9 Å². The molecule has 0 radical (unpaired) electrons. The average Bonchev–Trinajstić information content (AvgIpc) is 3.24. The Morgan fingerprint density at radius 1 is 1.06 bits per heavy atom. The maximum atomic E-state index is 6.76. The molecule has 2 unspecified atom stereocenters. The molecule has 33 heavy (non-hydrogen) atoms. The fourth-order valence-electron chi connectivity index (χ4n) is 7.17. The summed E-state index contributed by atoms with van der Waals surface area (Å²) in [6, 6.07) is 0. The SMILES string of the molecule is C=CC/C1=C(CCCCC)/C([Si](C)(C)C)=C2/COCC2=C2C3=C1CCCC31OC(C)(C)OC21. The molecule has 2 aliphatic heterocycles. The Labute approximate surface area is 201 Å². The topological polar surface area (TPSA) is 27.7 Å². The van der Waals surface area contributed by atoms with E-state index in [-0.39, 0.29) is 11.7 Å². The van der Waals surface area contributed by atoms with Crippen LogP contribution in [-0.2, 0) is 14.2 Å². The molecule has 1 saturated carbocycles. The van der Waals surface area contributed by atoms with Crippen LogP contribution in [0.5, 0.6) is 0 Å². The highest BCUT2D eigenvalue weighted by Crippen LogP contribution is 2.64. The van der Waals surface area contributed by atoms with Crippen LogP contribution < -0.4 is 0 Å². The van der Waals surface area contributed by atoms with Gasteiger partial charge in [0.05, 0.1) is 21.3 Å². The molecule has 3 nitrogen and oxygen atoms in total. The van der Waals surface area contributed by atoms with Crippen molar-refractivity contribution in [1.29, 1.82) is 0 Å². The van der Waals surface area contributed by atoms with Crippen molar-refractivity contribution in [3.63, 3.8) is 0 Å². The lowest BCUT2D eigenvalue weighted by Crippen LogP contribution is -2.57. The first kappa shape index (κ1) is 23.5. The molecular formula is C29H42O3Si. The molecule has 2 saturated heterocycles. The maximum Gasteiger partial charge on any atom is 0.165 e. The van der Waals surface area contributed by atoms with Crippen molar-refractivity contribution < 1.29 is 14.2 Å². The van der Waals surface area contributed by atoms with Gasteiger partial charge in [-0.2, -0.15) is 0 Å². The van der Waals surface area contributed by atoms with E-state index in [1.54, 1.807) is 21.9 Å². The zero-order chi connectivity index (χ0) is 23.6. The molecule has 3 fully saturated rings. The summed E-state index contributed by atoms with van der Waals surface area (Å²) in [5.41, 5.74) is 10.2. The van der Waals surface area contributed by atoms with Gasteiger partial charge in [-0.1, -0.05) is 50.7 Å². The highest BCUT2D eigenvalue weighted by atomic mass is 28.3. The molecule has 180 valence electrons. The number of hydrogen-bond acceptors (Lipinski definition) is 3. The Morgan fingerprint density at radius 3 is 2.52 bits per heavy atom. The van der Waals surface area contributed by atoms with Gasteiger partial charge in [0.1, 0.15) is 11.7 Å². The summed E-state index contributed by atoms with van der Waals surface area (Å²) in [7, 11) is -1.64. The summed E-state index contributed by atoms with van der Waals surface area (Å²) in [4.78, 5) is 0. The fourth-order valence-corrected chi connectivity index (χ4v) is 9.48. The van der Waals surface area contributed by atoms with Crippen LogP contribution in [0.1, 0.15) is 72.1 Å². The van der Waals surface area contributed by atoms with Gasteiger partial charge in [0.25, 0.3) is 0 Å². The number of rotatable bonds is 7. The van der Waals surface area contributed by atoms with E-state index in [4.69, 9.17) is 14.2 Å². The molecular weight excluding hydrogens is 424 g/mol. The van der Waals surface area contributed by atoms with Crippen molar-refractivity contribution in [3.8, 4) is 0 Å². The van der Waals surface area contributed by atoms with E-state index < -0.39 is 13.9 Å². The van der Waals surface area contributed by atoms with Crippen LogP contribution in [-0.4, -0.2) is 38.8 Å². The molecule has 0 aromatic rings. The molecule has 2 heterocycles. The molecule has 0 N–H and O–H groups in total. The predicted octanol–water partition coefficient (Wildman–Crippen LogP) is 7.34. The van der Waals surface area contributed by atoms with E-state index >= 15 is 0 Å². The van der Waals surface area contributed by atoms with Crippen LogP contribution in [0.2, 0.25) is 19.6 Å². The van der Waals surface area contributed by atoms with Gasteiger partial charge in [-0.25, -0.2) is 0 Å². The summed E-state index contributed by atoms with van der Waals surface area (Å²) >= 11 is 0. The summed E-state index contributed by atoms with van der Waals surface area (Å²) < 4.78 is 19.6. The van der Waals surface area contributed by atoms with E-state index in [0.717, 1.165) is 32.3 Å². The second-order valence-electron chi connectivity index (χ2n) is 12.0. The highest BCUT2D eigenvalue weighted by molar-refractivity contribution is 6.84. The molecule has 0 amide bonds. The van der Waals surface area contributed by atoms with E-state index in [0.29, 0.717) is 6.61 Å². The summed E-state index contributed by atoms with van der Waals surface area (Å²) in [5, 5.41) is 1.66. The summed E-state index contributed by atoms with van der Waals surface area (Å²) in [5.74, 6) is -0.550. The predicted molar refractivity (Wildman–Crippen MR) is 138 cm³/mol. The van der Waals surface area contributed by atoms with Crippen LogP contribution >= 0.6 is 0 Å². The lowest BCUT2D eigenvalue weighted by molar-refractivity contribution is -0.153. The Hall–Kier alpha value is -1.20. The van der Waals surface area contributed by atoms with Gasteiger partial charge >= 0.3 is 0 Å². The Kier molecular flexibility index (Phi) is 5.84. The van der Waals surface area contributed by atoms with Gasteiger partial charge in [0.15, 0.2) is 5.79 Å². The van der Waals surface area contributed by atoms with Crippen LogP contribution in [0.3, 0.4) is 0 Å². The summed E-state index contributed by atoms with van der Waals surface area (Å²) in [6.07, 6.45) is 11.4. The molecule has 0 aromatic heterocycles. The second-order valence-corrected chi connectivity index (χ2v) is 17.0. The second kappa shape index (κ2) is 8.19. The molecule has 0 bridgehead atoms. The van der Waals surface area contributed by atoms with Crippen LogP contribution in [0, 0.1) is 0 Å². The third-order valence-electron chi connectivity index (χ3n) is 8.13. The van der Waals surface area contributed by atoms with Crippen LogP contribution in [0.25, 0.3) is 0 Å². The van der Waals surface area contributed by atoms with Crippen molar-refractivity contribution in [1.82, 2.24) is 0 Å². The molecule has 1 spiro atoms. The van der Waals surface area contributed by atoms with E-state index in [1.807, 2.05) is 0 Å². The van der Waals surface area contributed by atoms with Gasteiger partial charge in [0, 0.05) is 0 Å². The van der Waals surface area contributed by atoms with Crippen molar-refractivity contribution >= 4 is 8.07 Å². The normalized spacial score (nSPS) is 35.0. The smallest absolute Gasteiger partial charge is 0.165 e. The zero-order valence-corrected chi connectivity index (χ0v) is 22.7. The van der Waals surface area contributed by atoms with Crippen molar-refractivity contribution in [2.75, 3.05) is 13.2 Å². The summed E-state index contributed by atoms with van der Waals surface area (Å²) in [6.45, 7) is 19.7. The van der Waals surface area contributed by atoms with Crippen LogP contribution in [0.4, 0.5) is 0 Å². The Bertz CT molecular complexity index is 1000. The Morgan fingerprint density at radius 2 is 1.82 bits per heavy atom. The minimum atomic E-state index is -1.64. The van der Waals surface area contributed by atoms with Gasteiger partial charge in [0.2, 0.25) is 0 Å². The van der Waals surface area contributed by atoms with E-state index in [9.17, 15) is 0 Å². The van der Waals surface area contributed by atoms with Gasteiger partial charge in [-0.3, -0.25) is 0 Å². The Balaban J connectivity index is 1.82. The van der Waals surface area contributed by atoms with E-state index in [2.05, 4.69) is 53.1 Å². The number of ether oxygens (including phenoxy) is 3. The monoisotopic (exact) mass is 466 g/mol. The minimum Gasteiger partial charge on any atom is -0.372 e. The molecule has 4 heteroatoms. The molecule has 3 aliphatic carbocycles. The van der Waals surface area contributed by atoms with E-state index in [1.165, 1.54) is 48.0 Å². The number of allylic oxidation sites excluding steroid dienone is 5. The quantitative estimate of drug-likeness (QED) is 0.223. The van der Waals surface area contributed by atoms with Crippen molar-refractivity contribution in [2.24, 2.45) is 0 Å². The maximum absolute atomic E-state index is 6.76. The van der Waals surface area contributed by atoms with Gasteiger partial charge < -0.3 is 14.2 Å². The lowest BCUT2D eigenvalue weighted by atomic mass is 9.57. The van der Waals surface area contributed by atoms with Crippen molar-refractivity contribution in [3.05, 3.63) is 56.9 Å². The number of unbranched alkanes of at least 4 members (excludes halogenated alkanes) is 2. The molecule has 5 rings (SSSR count). The van der Waals surface area contributed by atoms with Gasteiger partial charge in [-0.05, 0) is 91.4 Å². The zero-order valence-electron chi connectivity index (χ0n) is 21.7. The third-order valence-corrected chi connectivity index (χ3v) is 10.2. The minimum absolute atomic E-state index is 0.0407. The lowest BCUT2D eigenvalue weighted by Gasteiger charge is -2.52. The first-order chi connectivity index (χ1) is 15.6. The first-order valence-electron chi connectivity index (χ1n) is 13.1. The third kappa shape index (κ3) is 3.55. The van der Waals surface area contributed by atoms with Crippen molar-refractivity contribution in [2.45, 2.75) is 109 Å². The number of fused-ring (bicyclic) bond motifs is 2. The largest absolute Gasteiger partial charge is 0.372 e. The molecule has 0 aromatic carbocycles. The molecule has 2 atom stereocenters. The fraction of sp³-hybridized carbons (Fsp3) is 0.655. The highest BCUT2D eigenvalue weighted by Gasteiger charge is 2.67. The average molecular weight is 467 g/mol. The molecule has 5 aliphatic rings. The number of hydrogen-bond donors (Lipinski definition) is 0.